The normalized spacial score (nSPS) is 11.6. The van der Waals surface area contributed by atoms with Gasteiger partial charge in [0.25, 0.3) is 0 Å². The van der Waals surface area contributed by atoms with Crippen LogP contribution >= 0.6 is 27.3 Å². The lowest BCUT2D eigenvalue weighted by molar-refractivity contribution is 0.598. The molecule has 0 aliphatic carbocycles. The van der Waals surface area contributed by atoms with Gasteiger partial charge in [0.15, 0.2) is 0 Å². The van der Waals surface area contributed by atoms with Gasteiger partial charge >= 0.3 is 0 Å². The van der Waals surface area contributed by atoms with Gasteiger partial charge in [0.1, 0.15) is 4.21 Å². The second-order valence-corrected chi connectivity index (χ2v) is 7.77. The third kappa shape index (κ3) is 2.14. The summed E-state index contributed by atoms with van der Waals surface area (Å²) < 4.78 is 25.4. The summed E-state index contributed by atoms with van der Waals surface area (Å²) in [6.07, 6.45) is 0. The van der Waals surface area contributed by atoms with Crippen molar-refractivity contribution in [1.82, 2.24) is 0 Å². The SMILES string of the molecule is Nc1cccc(S(=O)(=O)c2ccc(Br)s2)c1. The Kier molecular flexibility index (Phi) is 3.05. The molecule has 0 saturated heterocycles. The predicted octanol–water partition coefficient (Wildman–Crippen LogP) is 2.93. The molecule has 6 heteroatoms. The summed E-state index contributed by atoms with van der Waals surface area (Å²) in [5, 5.41) is 0. The van der Waals surface area contributed by atoms with Crippen LogP contribution < -0.4 is 5.73 Å². The Balaban J connectivity index is 2.55. The minimum absolute atomic E-state index is 0.224. The van der Waals surface area contributed by atoms with Crippen LogP contribution in [0.2, 0.25) is 0 Å². The van der Waals surface area contributed by atoms with Crippen molar-refractivity contribution >= 4 is 42.8 Å². The maximum Gasteiger partial charge on any atom is 0.216 e. The van der Waals surface area contributed by atoms with E-state index in [2.05, 4.69) is 15.9 Å². The van der Waals surface area contributed by atoms with Crippen molar-refractivity contribution in [1.29, 1.82) is 0 Å². The molecule has 0 amide bonds. The molecule has 0 saturated carbocycles. The molecule has 16 heavy (non-hydrogen) atoms. The minimum atomic E-state index is -3.43. The van der Waals surface area contributed by atoms with Gasteiger partial charge in [-0.05, 0) is 46.3 Å². The Morgan fingerprint density at radius 1 is 1.19 bits per heavy atom. The lowest BCUT2D eigenvalue weighted by Gasteiger charge is -2.02. The first-order valence-corrected chi connectivity index (χ1v) is 7.45. The highest BCUT2D eigenvalue weighted by atomic mass is 79.9. The standard InChI is InChI=1S/C10H8BrNO2S2/c11-9-4-5-10(15-9)16(13,14)8-3-1-2-7(12)6-8/h1-6H,12H2. The molecule has 1 aromatic heterocycles. The molecule has 2 aromatic rings. The van der Waals surface area contributed by atoms with E-state index < -0.39 is 9.84 Å². The van der Waals surface area contributed by atoms with Crippen molar-refractivity contribution in [3.05, 3.63) is 40.2 Å². The largest absolute Gasteiger partial charge is 0.399 e. The average molecular weight is 318 g/mol. The van der Waals surface area contributed by atoms with Crippen LogP contribution in [-0.2, 0) is 9.84 Å². The van der Waals surface area contributed by atoms with E-state index in [1.54, 1.807) is 30.3 Å². The first kappa shape index (κ1) is 11.6. The number of thiophene rings is 1. The molecule has 2 rings (SSSR count). The molecule has 1 aromatic carbocycles. The van der Waals surface area contributed by atoms with Crippen molar-refractivity contribution in [2.45, 2.75) is 9.10 Å². The Bertz CT molecular complexity index is 619. The van der Waals surface area contributed by atoms with Gasteiger partial charge in [-0.3, -0.25) is 0 Å². The highest BCUT2D eigenvalue weighted by molar-refractivity contribution is 9.11. The van der Waals surface area contributed by atoms with E-state index in [4.69, 9.17) is 5.73 Å². The van der Waals surface area contributed by atoms with Gasteiger partial charge in [-0.25, -0.2) is 8.42 Å². The Hall–Kier alpha value is -0.850. The molecule has 84 valence electrons. The number of hydrogen-bond acceptors (Lipinski definition) is 4. The number of sulfone groups is 1. The van der Waals surface area contributed by atoms with Gasteiger partial charge in [-0.1, -0.05) is 6.07 Å². The van der Waals surface area contributed by atoms with Crippen molar-refractivity contribution in [3.8, 4) is 0 Å². The number of hydrogen-bond donors (Lipinski definition) is 1. The van der Waals surface area contributed by atoms with Gasteiger partial charge in [0.05, 0.1) is 8.68 Å². The van der Waals surface area contributed by atoms with Crippen LogP contribution in [0.4, 0.5) is 5.69 Å². The van der Waals surface area contributed by atoms with E-state index in [9.17, 15) is 8.42 Å². The highest BCUT2D eigenvalue weighted by Crippen LogP contribution is 2.30. The van der Waals surface area contributed by atoms with Crippen LogP contribution in [0.15, 0.2) is 49.3 Å². The van der Waals surface area contributed by atoms with Crippen LogP contribution in [0.25, 0.3) is 0 Å². The molecule has 0 aliphatic rings. The highest BCUT2D eigenvalue weighted by Gasteiger charge is 2.19. The number of rotatable bonds is 2. The summed E-state index contributed by atoms with van der Waals surface area (Å²) in [5.74, 6) is 0. The van der Waals surface area contributed by atoms with E-state index in [1.165, 1.54) is 17.4 Å². The van der Waals surface area contributed by atoms with Gasteiger partial charge in [0, 0.05) is 5.69 Å². The summed E-state index contributed by atoms with van der Waals surface area (Å²) in [7, 11) is -3.43. The van der Waals surface area contributed by atoms with Crippen LogP contribution in [0.5, 0.6) is 0 Å². The van der Waals surface area contributed by atoms with E-state index in [0.29, 0.717) is 9.90 Å². The van der Waals surface area contributed by atoms with E-state index in [1.807, 2.05) is 0 Å². The number of halogens is 1. The van der Waals surface area contributed by atoms with Crippen molar-refractivity contribution in [2.24, 2.45) is 0 Å². The van der Waals surface area contributed by atoms with Crippen molar-refractivity contribution < 1.29 is 8.42 Å². The fraction of sp³-hybridized carbons (Fsp3) is 0. The zero-order valence-electron chi connectivity index (χ0n) is 8.05. The molecule has 2 N–H and O–H groups in total. The average Bonchev–Trinajstić information content (AvgIpc) is 2.65. The summed E-state index contributed by atoms with van der Waals surface area (Å²) in [4.78, 5) is 0.224. The van der Waals surface area contributed by atoms with Gasteiger partial charge < -0.3 is 5.73 Å². The monoisotopic (exact) mass is 317 g/mol. The maximum atomic E-state index is 12.1. The lowest BCUT2D eigenvalue weighted by Crippen LogP contribution is -2.00. The first-order valence-electron chi connectivity index (χ1n) is 4.36. The Labute approximate surface area is 106 Å². The quantitative estimate of drug-likeness (QED) is 0.866. The number of nitrogens with two attached hydrogens (primary N) is 1. The molecule has 1 heterocycles. The van der Waals surface area contributed by atoms with Crippen molar-refractivity contribution in [2.75, 3.05) is 5.73 Å². The molecule has 0 fully saturated rings. The van der Waals surface area contributed by atoms with Gasteiger partial charge in [0.2, 0.25) is 9.84 Å². The maximum absolute atomic E-state index is 12.1. The van der Waals surface area contributed by atoms with Crippen LogP contribution in [-0.4, -0.2) is 8.42 Å². The topological polar surface area (TPSA) is 60.2 Å². The Morgan fingerprint density at radius 2 is 1.94 bits per heavy atom. The summed E-state index contributed by atoms with van der Waals surface area (Å²) in [5.41, 5.74) is 6.01. The second kappa shape index (κ2) is 4.20. The van der Waals surface area contributed by atoms with Gasteiger partial charge in [-0.2, -0.15) is 0 Å². The fourth-order valence-electron chi connectivity index (χ4n) is 1.24. The van der Waals surface area contributed by atoms with Crippen LogP contribution in [0.3, 0.4) is 0 Å². The molecule has 0 spiro atoms. The molecular weight excluding hydrogens is 310 g/mol. The van der Waals surface area contributed by atoms with E-state index >= 15 is 0 Å². The third-order valence-corrected chi connectivity index (χ3v) is 5.85. The lowest BCUT2D eigenvalue weighted by atomic mass is 10.3. The predicted molar refractivity (Wildman–Crippen MR) is 68.3 cm³/mol. The zero-order chi connectivity index (χ0) is 11.8. The molecule has 0 atom stereocenters. The van der Waals surface area contributed by atoms with Crippen molar-refractivity contribution in [3.63, 3.8) is 0 Å². The van der Waals surface area contributed by atoms with Crippen LogP contribution in [0.1, 0.15) is 0 Å². The van der Waals surface area contributed by atoms with E-state index in [0.717, 1.165) is 3.79 Å². The number of nitrogen functional groups attached to an aromatic ring is 1. The first-order chi connectivity index (χ1) is 7.50. The van der Waals surface area contributed by atoms with Crippen LogP contribution in [0, 0.1) is 0 Å². The molecule has 0 bridgehead atoms. The fourth-order valence-corrected chi connectivity index (χ4v) is 4.71. The second-order valence-electron chi connectivity index (χ2n) is 3.13. The van der Waals surface area contributed by atoms with Gasteiger partial charge in [-0.15, -0.1) is 11.3 Å². The third-order valence-electron chi connectivity index (χ3n) is 1.98. The molecule has 0 unspecified atom stereocenters. The molecule has 0 aliphatic heterocycles. The smallest absolute Gasteiger partial charge is 0.216 e. The zero-order valence-corrected chi connectivity index (χ0v) is 11.3. The summed E-state index contributed by atoms with van der Waals surface area (Å²) in [6, 6.07) is 9.58. The Morgan fingerprint density at radius 3 is 2.50 bits per heavy atom. The molecular formula is C10H8BrNO2S2. The molecule has 3 nitrogen and oxygen atoms in total. The summed E-state index contributed by atoms with van der Waals surface area (Å²) >= 11 is 4.42. The number of benzene rings is 1. The molecule has 0 radical (unpaired) electrons. The number of anilines is 1. The minimum Gasteiger partial charge on any atom is -0.399 e. The van der Waals surface area contributed by atoms with E-state index in [-0.39, 0.29) is 4.90 Å². The summed E-state index contributed by atoms with van der Waals surface area (Å²) in [6.45, 7) is 0.